The van der Waals surface area contributed by atoms with Gasteiger partial charge in [0.2, 0.25) is 0 Å². The normalized spacial score (nSPS) is 14.4. The second kappa shape index (κ2) is 39.6. The van der Waals surface area contributed by atoms with Crippen LogP contribution in [0.4, 0.5) is 0 Å². The first-order chi connectivity index (χ1) is 26.3. The molecule has 10 heteroatoms. The highest BCUT2D eigenvalue weighted by Gasteiger charge is 2.25. The van der Waals surface area contributed by atoms with Gasteiger partial charge in [0.05, 0.1) is 13.2 Å². The van der Waals surface area contributed by atoms with Gasteiger partial charge in [-0.15, -0.1) is 0 Å². The Kier molecular flexibility index (Phi) is 37.4. The highest BCUT2D eigenvalue weighted by atomic mass is 31.2. The monoisotopic (exact) mass is 773 g/mol. The summed E-state index contributed by atoms with van der Waals surface area (Å²) in [4.78, 5) is 34.7. The van der Waals surface area contributed by atoms with Crippen molar-refractivity contribution in [1.82, 2.24) is 0 Å². The van der Waals surface area contributed by atoms with Gasteiger partial charge in [0.25, 0.3) is 0 Å². The Morgan fingerprint density at radius 3 is 1.59 bits per heavy atom. The predicted octanol–water partition coefficient (Wildman–Crippen LogP) is 11.4. The van der Waals surface area contributed by atoms with Crippen LogP contribution in [0.1, 0.15) is 136 Å². The Balaban J connectivity index is 4.38. The number of hydrogen-bond donors (Lipinski definition) is 2. The van der Waals surface area contributed by atoms with Gasteiger partial charge in [-0.1, -0.05) is 143 Å². The van der Waals surface area contributed by atoms with Crippen molar-refractivity contribution in [1.29, 1.82) is 0 Å². The van der Waals surface area contributed by atoms with E-state index in [1.807, 2.05) is 18.2 Å². The third-order valence-electron chi connectivity index (χ3n) is 7.72. The Morgan fingerprint density at radius 1 is 0.574 bits per heavy atom. The lowest BCUT2D eigenvalue weighted by atomic mass is 10.1. The number of ether oxygens (including phenoxy) is 2. The zero-order chi connectivity index (χ0) is 39.6. The van der Waals surface area contributed by atoms with Crippen LogP contribution in [0.3, 0.4) is 0 Å². The number of allylic oxidation sites excluding steroid dienone is 16. The molecular weight excluding hydrogens is 701 g/mol. The molecule has 0 radical (unpaired) electrons. The van der Waals surface area contributed by atoms with E-state index in [0.29, 0.717) is 12.8 Å². The van der Waals surface area contributed by atoms with E-state index in [4.69, 9.17) is 24.3 Å². The summed E-state index contributed by atoms with van der Waals surface area (Å²) in [6.07, 6.45) is 50.3. The maximum absolute atomic E-state index is 12.5. The SMILES string of the molecule is CC/C=C/C/C=C/C/C=C/C/C=C/C/C=C/C/C=C/CCCC(=O)OCC(COP(=O)(O)OCCN)OC(=O)CC/C=C/C/C=C/CCCCCCCC. The topological polar surface area (TPSA) is 134 Å². The van der Waals surface area contributed by atoms with Crippen LogP contribution in [-0.4, -0.2) is 49.3 Å². The third-order valence-corrected chi connectivity index (χ3v) is 8.70. The van der Waals surface area contributed by atoms with E-state index in [9.17, 15) is 19.0 Å². The zero-order valence-electron chi connectivity index (χ0n) is 33.4. The molecule has 0 aliphatic rings. The molecule has 3 N–H and O–H groups in total. The minimum absolute atomic E-state index is 0.0327. The molecule has 0 saturated carbocycles. The Morgan fingerprint density at radius 2 is 1.06 bits per heavy atom. The molecule has 0 rings (SSSR count). The predicted molar refractivity (Wildman–Crippen MR) is 224 cm³/mol. The number of carbonyl (C=O) groups excluding carboxylic acids is 2. The average molecular weight is 774 g/mol. The van der Waals surface area contributed by atoms with Crippen molar-refractivity contribution in [2.75, 3.05) is 26.4 Å². The molecule has 2 atom stereocenters. The third kappa shape index (κ3) is 38.6. The molecule has 0 aliphatic carbocycles. The number of nitrogens with two attached hydrogens (primary N) is 1. The molecule has 306 valence electrons. The van der Waals surface area contributed by atoms with Gasteiger partial charge in [0, 0.05) is 19.4 Å². The second-order valence-corrected chi connectivity index (χ2v) is 14.2. The largest absolute Gasteiger partial charge is 0.472 e. The van der Waals surface area contributed by atoms with Crippen LogP contribution in [0, 0.1) is 0 Å². The number of rotatable bonds is 36. The van der Waals surface area contributed by atoms with Gasteiger partial charge < -0.3 is 20.1 Å². The lowest BCUT2D eigenvalue weighted by Crippen LogP contribution is -2.29. The molecule has 0 heterocycles. The fourth-order valence-corrected chi connectivity index (χ4v) is 5.52. The van der Waals surface area contributed by atoms with Crippen LogP contribution >= 0.6 is 7.82 Å². The van der Waals surface area contributed by atoms with Crippen LogP contribution in [0.2, 0.25) is 0 Å². The van der Waals surface area contributed by atoms with Gasteiger partial charge in [-0.05, 0) is 77.0 Å². The first kappa shape index (κ1) is 50.9. The number of unbranched alkanes of at least 4 members (excludes halogenated alkanes) is 7. The summed E-state index contributed by atoms with van der Waals surface area (Å²) in [5.41, 5.74) is 5.33. The molecule has 0 fully saturated rings. The van der Waals surface area contributed by atoms with Gasteiger partial charge >= 0.3 is 19.8 Å². The molecule has 9 nitrogen and oxygen atoms in total. The number of esters is 2. The first-order valence-corrected chi connectivity index (χ1v) is 21.7. The van der Waals surface area contributed by atoms with Crippen molar-refractivity contribution in [3.8, 4) is 0 Å². The summed E-state index contributed by atoms with van der Waals surface area (Å²) < 4.78 is 32.5. The second-order valence-electron chi connectivity index (χ2n) is 12.8. The van der Waals surface area contributed by atoms with Crippen molar-refractivity contribution in [3.05, 3.63) is 97.2 Å². The van der Waals surface area contributed by atoms with Crippen molar-refractivity contribution in [2.45, 2.75) is 142 Å². The Labute approximate surface area is 327 Å². The summed E-state index contributed by atoms with van der Waals surface area (Å²) in [6, 6.07) is 0. The van der Waals surface area contributed by atoms with E-state index in [0.717, 1.165) is 57.8 Å². The molecule has 0 aromatic rings. The fraction of sp³-hybridized carbons (Fsp3) is 0.591. The van der Waals surface area contributed by atoms with Gasteiger partial charge in [-0.25, -0.2) is 4.57 Å². The lowest BCUT2D eigenvalue weighted by molar-refractivity contribution is -0.161. The van der Waals surface area contributed by atoms with Gasteiger partial charge in [0.15, 0.2) is 6.10 Å². The molecule has 0 aromatic carbocycles. The molecule has 54 heavy (non-hydrogen) atoms. The Bertz CT molecular complexity index is 1200. The quantitative estimate of drug-likeness (QED) is 0.0276. The molecule has 0 aliphatic heterocycles. The highest BCUT2D eigenvalue weighted by Crippen LogP contribution is 2.43. The molecular formula is C44H72NO8P. The van der Waals surface area contributed by atoms with Gasteiger partial charge in [0.1, 0.15) is 6.61 Å². The number of carbonyl (C=O) groups is 2. The summed E-state index contributed by atoms with van der Waals surface area (Å²) in [5.74, 6) is -0.988. The van der Waals surface area contributed by atoms with Crippen molar-refractivity contribution in [2.24, 2.45) is 5.73 Å². The average Bonchev–Trinajstić information content (AvgIpc) is 3.16. The lowest BCUT2D eigenvalue weighted by Gasteiger charge is -2.19. The molecule has 0 bridgehead atoms. The standard InChI is InChI=1S/C44H72NO8P/c1-3-5-7-9-11-13-15-17-18-19-20-21-22-23-25-26-28-30-32-34-36-43(46)50-40-42(41-52-54(48,49)51-39-38-45)53-44(47)37-35-33-31-29-27-24-16-14-12-10-8-6-4-2/h5,7,11,13,17-18,20-21,23-25,27-28,30-31,33,42H,3-4,6,8-10,12,14-16,19,22,26,29,32,34-41,45H2,1-2H3,(H,48,49)/b7-5+,13-11+,18-17+,21-20+,25-23+,27-24+,30-28+,33-31+. The molecule has 0 aromatic heterocycles. The smallest absolute Gasteiger partial charge is 0.462 e. The highest BCUT2D eigenvalue weighted by molar-refractivity contribution is 7.47. The van der Waals surface area contributed by atoms with E-state index >= 15 is 0 Å². The summed E-state index contributed by atoms with van der Waals surface area (Å²) >= 11 is 0. The van der Waals surface area contributed by atoms with E-state index in [2.05, 4.69) is 92.8 Å². The summed E-state index contributed by atoms with van der Waals surface area (Å²) in [5, 5.41) is 0. The van der Waals surface area contributed by atoms with Crippen molar-refractivity contribution < 1.29 is 37.6 Å². The van der Waals surface area contributed by atoms with Gasteiger partial charge in [-0.3, -0.25) is 18.6 Å². The molecule has 0 spiro atoms. The van der Waals surface area contributed by atoms with Crippen LogP contribution in [0.15, 0.2) is 97.2 Å². The number of hydrogen-bond acceptors (Lipinski definition) is 8. The van der Waals surface area contributed by atoms with Crippen LogP contribution in [0.25, 0.3) is 0 Å². The maximum atomic E-state index is 12.5. The van der Waals surface area contributed by atoms with Crippen LogP contribution in [-0.2, 0) is 32.7 Å². The van der Waals surface area contributed by atoms with E-state index in [1.54, 1.807) is 0 Å². The van der Waals surface area contributed by atoms with Crippen molar-refractivity contribution in [3.63, 3.8) is 0 Å². The first-order valence-electron chi connectivity index (χ1n) is 20.2. The fourth-order valence-electron chi connectivity index (χ4n) is 4.76. The van der Waals surface area contributed by atoms with Gasteiger partial charge in [-0.2, -0.15) is 0 Å². The van der Waals surface area contributed by atoms with Crippen molar-refractivity contribution >= 4 is 19.8 Å². The van der Waals surface area contributed by atoms with Crippen LogP contribution < -0.4 is 5.73 Å². The minimum atomic E-state index is -4.41. The van der Waals surface area contributed by atoms with E-state index < -0.39 is 32.5 Å². The molecule has 2 unspecified atom stereocenters. The van der Waals surface area contributed by atoms with E-state index in [1.165, 1.54) is 38.5 Å². The van der Waals surface area contributed by atoms with Crippen LogP contribution in [0.5, 0.6) is 0 Å². The molecule has 0 amide bonds. The Hall–Kier alpha value is -3.07. The summed E-state index contributed by atoms with van der Waals surface area (Å²) in [6.45, 7) is 3.44. The maximum Gasteiger partial charge on any atom is 0.472 e. The molecule has 0 saturated heterocycles. The number of phosphoric ester groups is 1. The minimum Gasteiger partial charge on any atom is -0.462 e. The zero-order valence-corrected chi connectivity index (χ0v) is 34.3. The summed E-state index contributed by atoms with van der Waals surface area (Å²) in [7, 11) is -4.41. The van der Waals surface area contributed by atoms with E-state index in [-0.39, 0.29) is 32.6 Å². The number of phosphoric acid groups is 1.